The summed E-state index contributed by atoms with van der Waals surface area (Å²) in [4.78, 5) is 16.5. The van der Waals surface area contributed by atoms with Crippen molar-refractivity contribution in [2.24, 2.45) is 0 Å². The third-order valence-electron chi connectivity index (χ3n) is 4.22. The third-order valence-corrected chi connectivity index (χ3v) is 4.46. The predicted molar refractivity (Wildman–Crippen MR) is 111 cm³/mol. The van der Waals surface area contributed by atoms with Crippen LogP contribution < -0.4 is 10.6 Å². The van der Waals surface area contributed by atoms with Gasteiger partial charge in [0.1, 0.15) is 5.52 Å². The fraction of sp³-hybridized carbons (Fsp3) is 0.0909. The molecule has 2 N–H and O–H groups in total. The Labute approximate surface area is 167 Å². The van der Waals surface area contributed by atoms with Crippen LogP contribution in [-0.4, -0.2) is 17.4 Å². The number of nitrogens with zero attached hydrogens (tertiary/aromatic N) is 1. The van der Waals surface area contributed by atoms with Crippen molar-refractivity contribution in [3.8, 4) is 11.5 Å². The first kappa shape index (κ1) is 18.2. The van der Waals surface area contributed by atoms with Crippen molar-refractivity contribution in [2.75, 3.05) is 11.9 Å². The summed E-state index contributed by atoms with van der Waals surface area (Å²) in [5, 5.41) is 6.62. The van der Waals surface area contributed by atoms with Gasteiger partial charge >= 0.3 is 0 Å². The lowest BCUT2D eigenvalue weighted by molar-refractivity contribution is -0.115. The van der Waals surface area contributed by atoms with E-state index < -0.39 is 0 Å². The van der Waals surface area contributed by atoms with Crippen LogP contribution >= 0.6 is 11.6 Å². The Morgan fingerprint density at radius 2 is 1.79 bits per heavy atom. The number of benzene rings is 3. The Balaban J connectivity index is 1.35. The number of amides is 1. The summed E-state index contributed by atoms with van der Waals surface area (Å²) in [5.74, 6) is 0.417. The zero-order valence-electron chi connectivity index (χ0n) is 15.0. The van der Waals surface area contributed by atoms with Gasteiger partial charge in [-0.15, -0.1) is 0 Å². The van der Waals surface area contributed by atoms with Gasteiger partial charge in [0.05, 0.1) is 6.54 Å². The lowest BCUT2D eigenvalue weighted by Gasteiger charge is -2.07. The zero-order valence-corrected chi connectivity index (χ0v) is 15.7. The molecule has 0 unspecified atom stereocenters. The van der Waals surface area contributed by atoms with Gasteiger partial charge in [0.2, 0.25) is 11.8 Å². The quantitative estimate of drug-likeness (QED) is 0.491. The van der Waals surface area contributed by atoms with E-state index in [4.69, 9.17) is 16.0 Å². The van der Waals surface area contributed by atoms with Crippen molar-refractivity contribution in [1.29, 1.82) is 0 Å². The van der Waals surface area contributed by atoms with Gasteiger partial charge in [0.25, 0.3) is 0 Å². The molecule has 4 rings (SSSR count). The molecule has 28 heavy (non-hydrogen) atoms. The van der Waals surface area contributed by atoms with Crippen LogP contribution in [0.5, 0.6) is 0 Å². The van der Waals surface area contributed by atoms with Crippen molar-refractivity contribution in [1.82, 2.24) is 10.3 Å². The highest BCUT2D eigenvalue weighted by atomic mass is 35.5. The highest BCUT2D eigenvalue weighted by molar-refractivity contribution is 6.31. The molecule has 0 radical (unpaired) electrons. The van der Waals surface area contributed by atoms with Crippen LogP contribution in [0.25, 0.3) is 22.6 Å². The van der Waals surface area contributed by atoms with Gasteiger partial charge in [-0.3, -0.25) is 4.79 Å². The molecule has 1 aromatic heterocycles. The highest BCUT2D eigenvalue weighted by Crippen LogP contribution is 2.27. The maximum atomic E-state index is 12.1. The molecule has 0 spiro atoms. The van der Waals surface area contributed by atoms with Gasteiger partial charge in [0, 0.05) is 22.8 Å². The summed E-state index contributed by atoms with van der Waals surface area (Å²) < 4.78 is 5.76. The minimum absolute atomic E-state index is 0.0971. The first-order chi connectivity index (χ1) is 13.7. The molecule has 1 heterocycles. The molecule has 1 amide bonds. The molecule has 0 fully saturated rings. The molecule has 5 nitrogen and oxygen atoms in total. The second-order valence-corrected chi connectivity index (χ2v) is 6.78. The Morgan fingerprint density at radius 1 is 1.00 bits per heavy atom. The average Bonchev–Trinajstić information content (AvgIpc) is 3.12. The molecule has 0 saturated heterocycles. The molecule has 140 valence electrons. The Bertz CT molecular complexity index is 1090. The minimum Gasteiger partial charge on any atom is -0.436 e. The molecule has 0 bridgehead atoms. The van der Waals surface area contributed by atoms with Crippen molar-refractivity contribution >= 4 is 34.3 Å². The van der Waals surface area contributed by atoms with Gasteiger partial charge in [-0.1, -0.05) is 41.9 Å². The number of halogens is 1. The number of anilines is 1. The number of nitrogens with one attached hydrogen (secondary N) is 2. The second-order valence-electron chi connectivity index (χ2n) is 6.35. The Morgan fingerprint density at radius 3 is 2.57 bits per heavy atom. The minimum atomic E-state index is -0.0971. The van der Waals surface area contributed by atoms with Crippen LogP contribution in [0.2, 0.25) is 5.02 Å². The average molecular weight is 392 g/mol. The van der Waals surface area contributed by atoms with Crippen LogP contribution in [0.3, 0.4) is 0 Å². The summed E-state index contributed by atoms with van der Waals surface area (Å²) in [7, 11) is 0. The predicted octanol–water partition coefficient (Wildman–Crippen LogP) is 4.88. The van der Waals surface area contributed by atoms with Crippen molar-refractivity contribution in [2.45, 2.75) is 6.54 Å². The van der Waals surface area contributed by atoms with E-state index in [2.05, 4.69) is 15.6 Å². The van der Waals surface area contributed by atoms with Crippen molar-refractivity contribution < 1.29 is 9.21 Å². The molecule has 6 heteroatoms. The second kappa shape index (κ2) is 8.25. The largest absolute Gasteiger partial charge is 0.436 e. The van der Waals surface area contributed by atoms with Gasteiger partial charge < -0.3 is 15.1 Å². The van der Waals surface area contributed by atoms with E-state index in [1.54, 1.807) is 18.2 Å². The monoisotopic (exact) mass is 391 g/mol. The Kier molecular flexibility index (Phi) is 5.37. The summed E-state index contributed by atoms with van der Waals surface area (Å²) in [6, 6.07) is 22.7. The number of oxazole rings is 1. The standard InChI is InChI=1S/C22H18ClN3O2/c23-17-8-11-20-19(12-17)26-22(28-20)16-6-9-18(10-7-16)25-21(27)14-24-13-15-4-2-1-3-5-15/h1-12,24H,13-14H2,(H,25,27). The fourth-order valence-electron chi connectivity index (χ4n) is 2.84. The van der Waals surface area contributed by atoms with E-state index in [1.807, 2.05) is 54.6 Å². The van der Waals surface area contributed by atoms with E-state index in [-0.39, 0.29) is 12.5 Å². The number of rotatable bonds is 6. The van der Waals surface area contributed by atoms with Crippen LogP contribution in [-0.2, 0) is 11.3 Å². The molecule has 0 aliphatic carbocycles. The Hall–Kier alpha value is -3.15. The number of hydrogen-bond acceptors (Lipinski definition) is 4. The maximum absolute atomic E-state index is 12.1. The number of carbonyl (C=O) groups is 1. The lowest BCUT2D eigenvalue weighted by Crippen LogP contribution is -2.27. The topological polar surface area (TPSA) is 67.2 Å². The van der Waals surface area contributed by atoms with Gasteiger partial charge in [-0.2, -0.15) is 0 Å². The van der Waals surface area contributed by atoms with E-state index in [0.29, 0.717) is 28.6 Å². The van der Waals surface area contributed by atoms with E-state index in [9.17, 15) is 4.79 Å². The van der Waals surface area contributed by atoms with E-state index >= 15 is 0 Å². The smallest absolute Gasteiger partial charge is 0.238 e. The van der Waals surface area contributed by atoms with E-state index in [0.717, 1.165) is 16.8 Å². The molecular formula is C22H18ClN3O2. The molecule has 4 aromatic rings. The molecule has 0 aliphatic heterocycles. The van der Waals surface area contributed by atoms with Crippen LogP contribution in [0, 0.1) is 0 Å². The van der Waals surface area contributed by atoms with E-state index in [1.165, 1.54) is 0 Å². The first-order valence-electron chi connectivity index (χ1n) is 8.88. The van der Waals surface area contributed by atoms with Crippen molar-refractivity contribution in [3.05, 3.63) is 83.4 Å². The summed E-state index contributed by atoms with van der Waals surface area (Å²) in [6.07, 6.45) is 0. The first-order valence-corrected chi connectivity index (χ1v) is 9.26. The van der Waals surface area contributed by atoms with Gasteiger partial charge in [-0.25, -0.2) is 4.98 Å². The highest BCUT2D eigenvalue weighted by Gasteiger charge is 2.09. The molecule has 0 aliphatic rings. The number of hydrogen-bond donors (Lipinski definition) is 2. The zero-order chi connectivity index (χ0) is 19.3. The SMILES string of the molecule is O=C(CNCc1ccccc1)Nc1ccc(-c2nc3cc(Cl)ccc3o2)cc1. The van der Waals surface area contributed by atoms with Gasteiger partial charge in [-0.05, 0) is 48.0 Å². The molecule has 0 atom stereocenters. The molecular weight excluding hydrogens is 374 g/mol. The van der Waals surface area contributed by atoms with Crippen molar-refractivity contribution in [3.63, 3.8) is 0 Å². The molecule has 0 saturated carbocycles. The van der Waals surface area contributed by atoms with Gasteiger partial charge in [0.15, 0.2) is 5.58 Å². The fourth-order valence-corrected chi connectivity index (χ4v) is 3.01. The summed E-state index contributed by atoms with van der Waals surface area (Å²) in [5.41, 5.74) is 4.08. The molecule has 3 aromatic carbocycles. The number of fused-ring (bicyclic) bond motifs is 1. The normalized spacial score (nSPS) is 10.9. The van der Waals surface area contributed by atoms with Crippen LogP contribution in [0.1, 0.15) is 5.56 Å². The summed E-state index contributed by atoms with van der Waals surface area (Å²) >= 11 is 5.99. The summed E-state index contributed by atoms with van der Waals surface area (Å²) in [6.45, 7) is 0.886. The maximum Gasteiger partial charge on any atom is 0.238 e. The number of aromatic nitrogens is 1. The third kappa shape index (κ3) is 4.39. The van der Waals surface area contributed by atoms with Crippen LogP contribution in [0.15, 0.2) is 77.2 Å². The lowest BCUT2D eigenvalue weighted by atomic mass is 10.2. The number of carbonyl (C=O) groups excluding carboxylic acids is 1. The van der Waals surface area contributed by atoms with Crippen LogP contribution in [0.4, 0.5) is 5.69 Å².